The standard InChI is InChI=1S/C11H9FO2/c1-2-8-9-5-7(12)3-4-10(9)14-11(8)6-13/h3-6H,2H2,1H3. The van der Waals surface area contributed by atoms with Crippen LogP contribution in [0, 0.1) is 5.82 Å². The van der Waals surface area contributed by atoms with Gasteiger partial charge < -0.3 is 4.42 Å². The normalized spacial score (nSPS) is 10.7. The molecule has 3 heteroatoms. The first kappa shape index (κ1) is 8.94. The maximum Gasteiger partial charge on any atom is 0.185 e. The Morgan fingerprint density at radius 3 is 2.93 bits per heavy atom. The molecule has 2 nitrogen and oxygen atoms in total. The van der Waals surface area contributed by atoms with Gasteiger partial charge in [0.05, 0.1) is 0 Å². The number of carbonyl (C=O) groups excluding carboxylic acids is 1. The second-order valence-corrected chi connectivity index (χ2v) is 3.06. The van der Waals surface area contributed by atoms with E-state index >= 15 is 0 Å². The molecule has 1 aromatic carbocycles. The highest BCUT2D eigenvalue weighted by Gasteiger charge is 2.11. The van der Waals surface area contributed by atoms with Gasteiger partial charge in [-0.25, -0.2) is 4.39 Å². The van der Waals surface area contributed by atoms with Crippen molar-refractivity contribution < 1.29 is 13.6 Å². The Morgan fingerprint density at radius 1 is 1.50 bits per heavy atom. The quantitative estimate of drug-likeness (QED) is 0.685. The van der Waals surface area contributed by atoms with Gasteiger partial charge in [0.25, 0.3) is 0 Å². The summed E-state index contributed by atoms with van der Waals surface area (Å²) >= 11 is 0. The van der Waals surface area contributed by atoms with Crippen LogP contribution < -0.4 is 0 Å². The summed E-state index contributed by atoms with van der Waals surface area (Å²) in [7, 11) is 0. The minimum absolute atomic E-state index is 0.299. The number of hydrogen-bond donors (Lipinski definition) is 0. The molecule has 0 N–H and O–H groups in total. The monoisotopic (exact) mass is 192 g/mol. The van der Waals surface area contributed by atoms with Crippen LogP contribution in [0.3, 0.4) is 0 Å². The summed E-state index contributed by atoms with van der Waals surface area (Å²) < 4.78 is 18.2. The molecule has 1 heterocycles. The lowest BCUT2D eigenvalue weighted by molar-refractivity contribution is 0.110. The molecule has 0 unspecified atom stereocenters. The Bertz CT molecular complexity index is 485. The smallest absolute Gasteiger partial charge is 0.185 e. The molecule has 0 aliphatic carbocycles. The van der Waals surface area contributed by atoms with Gasteiger partial charge in [-0.15, -0.1) is 0 Å². The van der Waals surface area contributed by atoms with E-state index in [1.807, 2.05) is 6.92 Å². The van der Waals surface area contributed by atoms with E-state index in [2.05, 4.69) is 0 Å². The fourth-order valence-corrected chi connectivity index (χ4v) is 1.60. The van der Waals surface area contributed by atoms with E-state index in [1.54, 1.807) is 0 Å². The lowest BCUT2D eigenvalue weighted by Gasteiger charge is -1.92. The number of furan rings is 1. The molecule has 0 saturated carbocycles. The number of halogens is 1. The molecule has 0 bridgehead atoms. The molecule has 0 fully saturated rings. The summed E-state index contributed by atoms with van der Waals surface area (Å²) in [6, 6.07) is 4.25. The molecule has 2 rings (SSSR count). The van der Waals surface area contributed by atoms with E-state index in [4.69, 9.17) is 4.42 Å². The Labute approximate surface area is 80.3 Å². The molecule has 0 aliphatic rings. The zero-order valence-electron chi connectivity index (χ0n) is 7.71. The highest BCUT2D eigenvalue weighted by atomic mass is 19.1. The van der Waals surface area contributed by atoms with Crippen LogP contribution >= 0.6 is 0 Å². The average molecular weight is 192 g/mol. The number of carbonyl (C=O) groups is 1. The van der Waals surface area contributed by atoms with Crippen molar-refractivity contribution in [3.63, 3.8) is 0 Å². The van der Waals surface area contributed by atoms with Crippen LogP contribution in [0.1, 0.15) is 23.0 Å². The van der Waals surface area contributed by atoms with Gasteiger partial charge >= 0.3 is 0 Å². The summed E-state index contributed by atoms with van der Waals surface area (Å²) in [6.07, 6.45) is 1.32. The summed E-state index contributed by atoms with van der Waals surface area (Å²) in [5, 5.41) is 0.689. The third-order valence-electron chi connectivity index (χ3n) is 2.24. The minimum atomic E-state index is -0.314. The Kier molecular flexibility index (Phi) is 2.08. The molecule has 72 valence electrons. The van der Waals surface area contributed by atoms with Crippen molar-refractivity contribution in [3.8, 4) is 0 Å². The number of rotatable bonds is 2. The second-order valence-electron chi connectivity index (χ2n) is 3.06. The minimum Gasteiger partial charge on any atom is -0.453 e. The first-order valence-corrected chi connectivity index (χ1v) is 4.42. The lowest BCUT2D eigenvalue weighted by Crippen LogP contribution is -1.84. The van der Waals surface area contributed by atoms with Gasteiger partial charge in [0.2, 0.25) is 0 Å². The van der Waals surface area contributed by atoms with Crippen LogP contribution in [0.15, 0.2) is 22.6 Å². The zero-order chi connectivity index (χ0) is 10.1. The maximum absolute atomic E-state index is 12.9. The SMILES string of the molecule is CCc1c(C=O)oc2ccc(F)cc12. The van der Waals surface area contributed by atoms with Crippen LogP contribution in [0.4, 0.5) is 4.39 Å². The van der Waals surface area contributed by atoms with Crippen LogP contribution in [-0.4, -0.2) is 6.29 Å². The van der Waals surface area contributed by atoms with Gasteiger partial charge in [-0.05, 0) is 24.6 Å². The summed E-state index contributed by atoms with van der Waals surface area (Å²) in [5.74, 6) is -0.0152. The van der Waals surface area contributed by atoms with E-state index in [-0.39, 0.29) is 5.82 Å². The highest BCUT2D eigenvalue weighted by Crippen LogP contribution is 2.25. The van der Waals surface area contributed by atoms with Crippen molar-refractivity contribution in [1.82, 2.24) is 0 Å². The summed E-state index contributed by atoms with van der Waals surface area (Å²) in [4.78, 5) is 10.7. The van der Waals surface area contributed by atoms with Gasteiger partial charge in [0.15, 0.2) is 12.0 Å². The van der Waals surface area contributed by atoms with Gasteiger partial charge in [-0.2, -0.15) is 0 Å². The molecule has 14 heavy (non-hydrogen) atoms. The third-order valence-corrected chi connectivity index (χ3v) is 2.24. The van der Waals surface area contributed by atoms with Crippen LogP contribution in [0.25, 0.3) is 11.0 Å². The molecule has 1 aromatic heterocycles. The van der Waals surface area contributed by atoms with Crippen LogP contribution in [0.2, 0.25) is 0 Å². The molecule has 0 aliphatic heterocycles. The molecule has 0 saturated heterocycles. The zero-order valence-corrected chi connectivity index (χ0v) is 7.71. The maximum atomic E-state index is 12.9. The largest absolute Gasteiger partial charge is 0.453 e. The number of aldehydes is 1. The van der Waals surface area contributed by atoms with Gasteiger partial charge in [0.1, 0.15) is 11.4 Å². The number of benzene rings is 1. The van der Waals surface area contributed by atoms with Crippen LogP contribution in [-0.2, 0) is 6.42 Å². The van der Waals surface area contributed by atoms with E-state index in [0.29, 0.717) is 29.4 Å². The van der Waals surface area contributed by atoms with E-state index in [9.17, 15) is 9.18 Å². The molecule has 0 spiro atoms. The Morgan fingerprint density at radius 2 is 2.29 bits per heavy atom. The molecule has 2 aromatic rings. The molecule has 0 radical (unpaired) electrons. The van der Waals surface area contributed by atoms with E-state index < -0.39 is 0 Å². The molecule has 0 amide bonds. The number of hydrogen-bond acceptors (Lipinski definition) is 2. The van der Waals surface area contributed by atoms with E-state index in [0.717, 1.165) is 5.56 Å². The molecular formula is C11H9FO2. The first-order chi connectivity index (χ1) is 6.76. The highest BCUT2D eigenvalue weighted by molar-refractivity contribution is 5.89. The number of aryl methyl sites for hydroxylation is 1. The van der Waals surface area contributed by atoms with Gasteiger partial charge in [-0.1, -0.05) is 6.92 Å². The second kappa shape index (κ2) is 3.25. The van der Waals surface area contributed by atoms with Crippen LogP contribution in [0.5, 0.6) is 0 Å². The third kappa shape index (κ3) is 1.21. The van der Waals surface area contributed by atoms with Gasteiger partial charge in [-0.3, -0.25) is 4.79 Å². The fourth-order valence-electron chi connectivity index (χ4n) is 1.60. The first-order valence-electron chi connectivity index (χ1n) is 4.42. The van der Waals surface area contributed by atoms with Crippen molar-refractivity contribution in [2.45, 2.75) is 13.3 Å². The van der Waals surface area contributed by atoms with Crippen molar-refractivity contribution >= 4 is 17.3 Å². The summed E-state index contributed by atoms with van der Waals surface area (Å²) in [5.41, 5.74) is 1.33. The van der Waals surface area contributed by atoms with Crippen molar-refractivity contribution in [2.75, 3.05) is 0 Å². The summed E-state index contributed by atoms with van der Waals surface area (Å²) in [6.45, 7) is 1.90. The Hall–Kier alpha value is -1.64. The fraction of sp³-hybridized carbons (Fsp3) is 0.182. The topological polar surface area (TPSA) is 30.2 Å². The molecule has 0 atom stereocenters. The van der Waals surface area contributed by atoms with Crippen molar-refractivity contribution in [3.05, 3.63) is 35.3 Å². The lowest BCUT2D eigenvalue weighted by atomic mass is 10.1. The Balaban J connectivity index is 2.81. The predicted molar refractivity (Wildman–Crippen MR) is 50.9 cm³/mol. The molecular weight excluding hydrogens is 183 g/mol. The predicted octanol–water partition coefficient (Wildman–Crippen LogP) is 2.95. The van der Waals surface area contributed by atoms with Gasteiger partial charge in [0, 0.05) is 10.9 Å². The number of fused-ring (bicyclic) bond motifs is 1. The van der Waals surface area contributed by atoms with Crippen molar-refractivity contribution in [1.29, 1.82) is 0 Å². The van der Waals surface area contributed by atoms with E-state index in [1.165, 1.54) is 18.2 Å². The average Bonchev–Trinajstić information content (AvgIpc) is 2.54. The van der Waals surface area contributed by atoms with Crippen molar-refractivity contribution in [2.24, 2.45) is 0 Å².